The van der Waals surface area contributed by atoms with Gasteiger partial charge in [-0.2, -0.15) is 0 Å². The first-order valence-corrected chi connectivity index (χ1v) is 5.75. The van der Waals surface area contributed by atoms with Crippen molar-refractivity contribution < 1.29 is 5.11 Å². The largest absolute Gasteiger partial charge is 0.393 e. The zero-order chi connectivity index (χ0) is 11.6. The number of hydrogen-bond acceptors (Lipinski definition) is 1. The van der Waals surface area contributed by atoms with Crippen molar-refractivity contribution >= 4 is 0 Å². The van der Waals surface area contributed by atoms with Gasteiger partial charge in [0.15, 0.2) is 0 Å². The fraction of sp³-hybridized carbons (Fsp3) is 0.692. The van der Waals surface area contributed by atoms with E-state index in [1.807, 2.05) is 6.92 Å². The SMILES string of the molecule is Cc1cc(C[C@@H](C)O)c(C)n1CC(C)C. The minimum Gasteiger partial charge on any atom is -0.393 e. The Morgan fingerprint density at radius 2 is 1.87 bits per heavy atom. The molecule has 0 aliphatic heterocycles. The van der Waals surface area contributed by atoms with Crippen LogP contribution in [-0.2, 0) is 13.0 Å². The van der Waals surface area contributed by atoms with Crippen molar-refractivity contribution in [1.29, 1.82) is 0 Å². The normalized spacial score (nSPS) is 13.5. The van der Waals surface area contributed by atoms with Crippen LogP contribution in [0.1, 0.15) is 37.7 Å². The van der Waals surface area contributed by atoms with Crippen LogP contribution < -0.4 is 0 Å². The lowest BCUT2D eigenvalue weighted by atomic mass is 10.1. The first kappa shape index (κ1) is 12.3. The molecular formula is C13H23NO. The lowest BCUT2D eigenvalue weighted by Gasteiger charge is -2.12. The molecular weight excluding hydrogens is 186 g/mol. The maximum Gasteiger partial charge on any atom is 0.0553 e. The number of aryl methyl sites for hydroxylation is 1. The van der Waals surface area contributed by atoms with E-state index in [4.69, 9.17) is 0 Å². The summed E-state index contributed by atoms with van der Waals surface area (Å²) in [7, 11) is 0. The van der Waals surface area contributed by atoms with E-state index in [-0.39, 0.29) is 6.10 Å². The van der Waals surface area contributed by atoms with E-state index in [9.17, 15) is 5.11 Å². The van der Waals surface area contributed by atoms with E-state index in [1.54, 1.807) is 0 Å². The molecule has 0 aliphatic carbocycles. The molecule has 0 fully saturated rings. The van der Waals surface area contributed by atoms with Crippen LogP contribution in [0, 0.1) is 19.8 Å². The Balaban J connectivity index is 2.93. The highest BCUT2D eigenvalue weighted by atomic mass is 16.3. The molecule has 1 aromatic heterocycles. The number of aromatic nitrogens is 1. The highest BCUT2D eigenvalue weighted by Crippen LogP contribution is 2.18. The predicted octanol–water partition coefficient (Wildman–Crippen LogP) is 2.68. The molecule has 0 spiro atoms. The summed E-state index contributed by atoms with van der Waals surface area (Å²) in [4.78, 5) is 0. The Hall–Kier alpha value is -0.760. The van der Waals surface area contributed by atoms with Crippen molar-refractivity contribution in [1.82, 2.24) is 4.57 Å². The van der Waals surface area contributed by atoms with Gasteiger partial charge >= 0.3 is 0 Å². The first-order valence-electron chi connectivity index (χ1n) is 5.75. The molecule has 1 rings (SSSR count). The standard InChI is InChI=1S/C13H23NO/c1-9(2)8-14-10(3)6-13(12(14)5)7-11(4)15/h6,9,11,15H,7-8H2,1-5H3/t11-/m1/s1. The summed E-state index contributed by atoms with van der Waals surface area (Å²) in [5, 5.41) is 9.40. The van der Waals surface area contributed by atoms with Crippen molar-refractivity contribution in [2.24, 2.45) is 5.92 Å². The second-order valence-corrected chi connectivity index (χ2v) is 4.95. The van der Waals surface area contributed by atoms with Crippen molar-refractivity contribution in [2.45, 2.75) is 53.7 Å². The zero-order valence-electron chi connectivity index (χ0n) is 10.5. The summed E-state index contributed by atoms with van der Waals surface area (Å²) < 4.78 is 2.35. The topological polar surface area (TPSA) is 25.2 Å². The van der Waals surface area contributed by atoms with Gasteiger partial charge in [0.25, 0.3) is 0 Å². The van der Waals surface area contributed by atoms with Crippen LogP contribution in [0.25, 0.3) is 0 Å². The molecule has 86 valence electrons. The Morgan fingerprint density at radius 1 is 1.27 bits per heavy atom. The van der Waals surface area contributed by atoms with Gasteiger partial charge in [-0.25, -0.2) is 0 Å². The maximum atomic E-state index is 9.40. The molecule has 0 unspecified atom stereocenters. The van der Waals surface area contributed by atoms with Crippen LogP contribution in [0.15, 0.2) is 6.07 Å². The third kappa shape index (κ3) is 3.10. The van der Waals surface area contributed by atoms with Gasteiger partial charge in [-0.1, -0.05) is 13.8 Å². The van der Waals surface area contributed by atoms with E-state index in [0.717, 1.165) is 13.0 Å². The van der Waals surface area contributed by atoms with Gasteiger partial charge in [-0.3, -0.25) is 0 Å². The number of hydrogen-bond donors (Lipinski definition) is 1. The third-order valence-electron chi connectivity index (χ3n) is 2.74. The van der Waals surface area contributed by atoms with E-state index in [2.05, 4.69) is 38.3 Å². The second-order valence-electron chi connectivity index (χ2n) is 4.95. The lowest BCUT2D eigenvalue weighted by Crippen LogP contribution is -2.09. The molecule has 2 heteroatoms. The number of aliphatic hydroxyl groups is 1. The zero-order valence-corrected chi connectivity index (χ0v) is 10.5. The first-order chi connectivity index (χ1) is 6.91. The smallest absolute Gasteiger partial charge is 0.0553 e. The molecule has 1 aromatic rings. The van der Waals surface area contributed by atoms with Crippen LogP contribution in [0.2, 0.25) is 0 Å². The summed E-state index contributed by atoms with van der Waals surface area (Å²) in [5.41, 5.74) is 3.89. The van der Waals surface area contributed by atoms with Crippen molar-refractivity contribution in [3.8, 4) is 0 Å². The molecule has 1 atom stereocenters. The van der Waals surface area contributed by atoms with Gasteiger partial charge in [0, 0.05) is 17.9 Å². The van der Waals surface area contributed by atoms with Gasteiger partial charge in [-0.05, 0) is 44.7 Å². The summed E-state index contributed by atoms with van der Waals surface area (Å²) in [5.74, 6) is 0.661. The molecule has 1 N–H and O–H groups in total. The molecule has 0 bridgehead atoms. The van der Waals surface area contributed by atoms with Crippen LogP contribution in [0.4, 0.5) is 0 Å². The van der Waals surface area contributed by atoms with Crippen LogP contribution >= 0.6 is 0 Å². The number of nitrogens with zero attached hydrogens (tertiary/aromatic N) is 1. The van der Waals surface area contributed by atoms with E-state index in [0.29, 0.717) is 5.92 Å². The molecule has 0 aliphatic rings. The highest BCUT2D eigenvalue weighted by Gasteiger charge is 2.11. The second kappa shape index (κ2) is 4.84. The van der Waals surface area contributed by atoms with Gasteiger partial charge in [0.2, 0.25) is 0 Å². The number of aliphatic hydroxyl groups excluding tert-OH is 1. The molecule has 1 heterocycles. The van der Waals surface area contributed by atoms with Gasteiger partial charge in [0.1, 0.15) is 0 Å². The fourth-order valence-corrected chi connectivity index (χ4v) is 2.04. The average Bonchev–Trinajstić information content (AvgIpc) is 2.31. The molecule has 0 aromatic carbocycles. The van der Waals surface area contributed by atoms with E-state index >= 15 is 0 Å². The van der Waals surface area contributed by atoms with Crippen molar-refractivity contribution in [3.05, 3.63) is 23.0 Å². The fourth-order valence-electron chi connectivity index (χ4n) is 2.04. The quantitative estimate of drug-likeness (QED) is 0.810. The van der Waals surface area contributed by atoms with Crippen LogP contribution in [-0.4, -0.2) is 15.8 Å². The Kier molecular flexibility index (Phi) is 3.97. The highest BCUT2D eigenvalue weighted by molar-refractivity contribution is 5.27. The van der Waals surface area contributed by atoms with Crippen LogP contribution in [0.5, 0.6) is 0 Å². The Bertz CT molecular complexity index is 324. The average molecular weight is 209 g/mol. The summed E-state index contributed by atoms with van der Waals surface area (Å²) >= 11 is 0. The van der Waals surface area contributed by atoms with Crippen molar-refractivity contribution in [3.63, 3.8) is 0 Å². The molecule has 0 saturated heterocycles. The minimum atomic E-state index is -0.252. The van der Waals surface area contributed by atoms with Crippen LogP contribution in [0.3, 0.4) is 0 Å². The lowest BCUT2D eigenvalue weighted by molar-refractivity contribution is 0.195. The van der Waals surface area contributed by atoms with Gasteiger partial charge < -0.3 is 9.67 Å². The molecule has 0 radical (unpaired) electrons. The van der Waals surface area contributed by atoms with E-state index < -0.39 is 0 Å². The molecule has 15 heavy (non-hydrogen) atoms. The molecule has 2 nitrogen and oxygen atoms in total. The summed E-state index contributed by atoms with van der Waals surface area (Å²) in [6, 6.07) is 2.20. The monoisotopic (exact) mass is 209 g/mol. The third-order valence-corrected chi connectivity index (χ3v) is 2.74. The summed E-state index contributed by atoms with van der Waals surface area (Å²) in [6.07, 6.45) is 0.510. The predicted molar refractivity (Wildman–Crippen MR) is 64.1 cm³/mol. The molecule has 0 saturated carbocycles. The van der Waals surface area contributed by atoms with Gasteiger partial charge in [-0.15, -0.1) is 0 Å². The van der Waals surface area contributed by atoms with Gasteiger partial charge in [0.05, 0.1) is 6.10 Å². The maximum absolute atomic E-state index is 9.40. The minimum absolute atomic E-state index is 0.252. The van der Waals surface area contributed by atoms with Crippen molar-refractivity contribution in [2.75, 3.05) is 0 Å². The Labute approximate surface area is 92.9 Å². The van der Waals surface area contributed by atoms with E-state index in [1.165, 1.54) is 17.0 Å². The summed E-state index contributed by atoms with van der Waals surface area (Å²) in [6.45, 7) is 11.7. The Morgan fingerprint density at radius 3 is 2.33 bits per heavy atom. The number of rotatable bonds is 4. The molecule has 0 amide bonds.